The monoisotopic (exact) mass is 400 g/mol. The molecule has 0 unspecified atom stereocenters. The normalized spacial score (nSPS) is 8.53. The van der Waals surface area contributed by atoms with E-state index in [0.717, 1.165) is 19.3 Å². The van der Waals surface area contributed by atoms with Gasteiger partial charge in [0, 0.05) is 11.9 Å². The molecule has 0 heterocycles. The number of rotatable bonds is 8. The summed E-state index contributed by atoms with van der Waals surface area (Å²) in [4.78, 5) is 20.0. The third kappa shape index (κ3) is 20.5. The van der Waals surface area contributed by atoms with Crippen LogP contribution in [0.2, 0.25) is 0 Å². The minimum absolute atomic E-state index is 0. The Hall–Kier alpha value is 0.421. The van der Waals surface area contributed by atoms with Gasteiger partial charge in [-0.25, -0.2) is 0 Å². The van der Waals surface area contributed by atoms with Gasteiger partial charge >= 0.3 is 44.8 Å². The average molecular weight is 402 g/mol. The summed E-state index contributed by atoms with van der Waals surface area (Å²) in [7, 11) is 0. The van der Waals surface area contributed by atoms with Crippen LogP contribution in [0.1, 0.15) is 44.9 Å². The largest absolute Gasteiger partial charge is 1.00 e. The van der Waals surface area contributed by atoms with Crippen LogP contribution in [0, 0.1) is 0 Å². The summed E-state index contributed by atoms with van der Waals surface area (Å²) in [6.07, 6.45) is 3.95. The molecule has 0 rings (SSSR count). The molecule has 6 heteroatoms. The smallest absolute Gasteiger partial charge is 0.550 e. The Bertz CT molecular complexity index is 155. The summed E-state index contributed by atoms with van der Waals surface area (Å²) in [5.74, 6) is -2.04. The topological polar surface area (TPSA) is 80.3 Å². The number of carboxylic acids is 2. The second-order valence-corrected chi connectivity index (χ2v) is 3.01. The molecule has 0 aromatic carbocycles. The third-order valence-corrected chi connectivity index (χ3v) is 1.76. The molecule has 0 aliphatic rings. The zero-order valence-corrected chi connectivity index (χ0v) is 11.2. The summed E-state index contributed by atoms with van der Waals surface area (Å²) >= 11 is 0. The zero-order valence-electron chi connectivity index (χ0n) is 8.19. The van der Waals surface area contributed by atoms with Crippen molar-refractivity contribution >= 4 is 11.9 Å². The number of carbonyl (C=O) groups is 2. The van der Waals surface area contributed by atoms with E-state index in [4.69, 9.17) is 0 Å². The van der Waals surface area contributed by atoms with Crippen molar-refractivity contribution in [1.29, 1.82) is 0 Å². The summed E-state index contributed by atoms with van der Waals surface area (Å²) in [5.41, 5.74) is 0. The van der Waals surface area contributed by atoms with Gasteiger partial charge in [0.15, 0.2) is 0 Å². The van der Waals surface area contributed by atoms with E-state index >= 15 is 0 Å². The van der Waals surface area contributed by atoms with E-state index in [1.54, 1.807) is 0 Å². The van der Waals surface area contributed by atoms with Gasteiger partial charge < -0.3 is 19.8 Å². The van der Waals surface area contributed by atoms with Crippen molar-refractivity contribution in [3.05, 3.63) is 0 Å². The molecule has 0 fully saturated rings. The predicted molar refractivity (Wildman–Crippen MR) is 42.3 cm³/mol. The van der Waals surface area contributed by atoms with Gasteiger partial charge in [0.1, 0.15) is 0 Å². The first-order valence-corrected chi connectivity index (χ1v) is 4.52. The molecule has 0 saturated heterocycles. The fraction of sp³-hybridized carbons (Fsp3) is 0.778. The Morgan fingerprint density at radius 3 is 1.20 bits per heavy atom. The van der Waals surface area contributed by atoms with Crippen molar-refractivity contribution in [2.24, 2.45) is 0 Å². The van der Waals surface area contributed by atoms with Gasteiger partial charge in [-0.15, -0.1) is 0 Å². The van der Waals surface area contributed by atoms with E-state index in [1.807, 2.05) is 0 Å². The maximum atomic E-state index is 9.98. The fourth-order valence-corrected chi connectivity index (χ4v) is 1.07. The number of aliphatic carboxylic acids is 2. The first-order chi connectivity index (χ1) is 6.13. The van der Waals surface area contributed by atoms with Gasteiger partial charge in [-0.2, -0.15) is 0 Å². The number of carboxylic acid groups (broad SMARTS) is 2. The molecule has 96 valence electrons. The second kappa shape index (κ2) is 14.4. The molecule has 0 bridgehead atoms. The van der Waals surface area contributed by atoms with E-state index in [0.29, 0.717) is 12.8 Å². The minimum atomic E-state index is -1.02. The second-order valence-electron chi connectivity index (χ2n) is 3.01. The van der Waals surface area contributed by atoms with Crippen molar-refractivity contribution in [2.75, 3.05) is 0 Å². The molecule has 0 aromatic rings. The van der Waals surface area contributed by atoms with Crippen LogP contribution in [0.3, 0.4) is 0 Å². The number of hydrogen-bond acceptors (Lipinski definition) is 4. The molecule has 0 spiro atoms. The summed E-state index contributed by atoms with van der Waals surface area (Å²) in [6, 6.07) is 0. The van der Waals surface area contributed by atoms with Gasteiger partial charge in [0.25, 0.3) is 0 Å². The molecule has 15 heavy (non-hydrogen) atoms. The summed E-state index contributed by atoms with van der Waals surface area (Å²) in [6.45, 7) is 0. The van der Waals surface area contributed by atoms with Gasteiger partial charge in [0.05, 0.1) is 0 Å². The average Bonchev–Trinajstić information content (AvgIpc) is 2.01. The molecule has 0 amide bonds. The van der Waals surface area contributed by atoms with E-state index in [2.05, 4.69) is 0 Å². The Balaban J connectivity index is -0.000000720. The van der Waals surface area contributed by atoms with Crippen molar-refractivity contribution in [3.8, 4) is 0 Å². The maximum Gasteiger partial charge on any atom is 1.00 e. The predicted octanol–water partition coefficient (Wildman–Crippen LogP) is -0.788. The van der Waals surface area contributed by atoms with Crippen LogP contribution in [0.15, 0.2) is 0 Å². The first-order valence-electron chi connectivity index (χ1n) is 4.52. The molecule has 0 radical (unpaired) electrons. The molecule has 0 atom stereocenters. The van der Waals surface area contributed by atoms with Gasteiger partial charge in [-0.1, -0.05) is 19.3 Å². The summed E-state index contributed by atoms with van der Waals surface area (Å²) in [5, 5.41) is 20.0. The van der Waals surface area contributed by atoms with Gasteiger partial charge in [0.2, 0.25) is 0 Å². The van der Waals surface area contributed by atoms with Crippen LogP contribution >= 0.6 is 0 Å². The van der Waals surface area contributed by atoms with Crippen LogP contribution in [0.4, 0.5) is 0 Å². The number of unbranched alkanes of at least 4 members (excludes halogenated alkanes) is 4. The molecule has 0 saturated carbocycles. The SMILES string of the molecule is O=C([O-])CCCCCCCC(=O)[O-].[Ag+].[Ag+]. The Morgan fingerprint density at radius 1 is 0.667 bits per heavy atom. The molecule has 0 N–H and O–H groups in total. The zero-order chi connectivity index (χ0) is 10.1. The van der Waals surface area contributed by atoms with Crippen molar-refractivity contribution in [2.45, 2.75) is 44.9 Å². The summed E-state index contributed by atoms with van der Waals surface area (Å²) < 4.78 is 0. The quantitative estimate of drug-likeness (QED) is 0.394. The van der Waals surface area contributed by atoms with E-state index < -0.39 is 11.9 Å². The fourth-order valence-electron chi connectivity index (χ4n) is 1.07. The molecule has 0 aliphatic carbocycles. The van der Waals surface area contributed by atoms with Crippen molar-refractivity contribution in [3.63, 3.8) is 0 Å². The number of hydrogen-bond donors (Lipinski definition) is 0. The molecule has 0 aliphatic heterocycles. The maximum absolute atomic E-state index is 9.98. The van der Waals surface area contributed by atoms with E-state index in [1.165, 1.54) is 0 Å². The van der Waals surface area contributed by atoms with Crippen molar-refractivity contribution in [1.82, 2.24) is 0 Å². The van der Waals surface area contributed by atoms with E-state index in [9.17, 15) is 19.8 Å². The van der Waals surface area contributed by atoms with Crippen molar-refractivity contribution < 1.29 is 64.6 Å². The van der Waals surface area contributed by atoms with Crippen LogP contribution in [0.25, 0.3) is 0 Å². The molecule has 4 nitrogen and oxygen atoms in total. The molecule has 0 aromatic heterocycles. The van der Waals surface area contributed by atoms with Crippen LogP contribution in [-0.2, 0) is 54.3 Å². The third-order valence-electron chi connectivity index (χ3n) is 1.76. The first kappa shape index (κ1) is 20.8. The van der Waals surface area contributed by atoms with Crippen LogP contribution < -0.4 is 10.2 Å². The number of carbonyl (C=O) groups excluding carboxylic acids is 2. The Morgan fingerprint density at radius 2 is 0.933 bits per heavy atom. The van der Waals surface area contributed by atoms with Gasteiger partial charge in [-0.05, 0) is 25.7 Å². The van der Waals surface area contributed by atoms with Crippen LogP contribution in [0.5, 0.6) is 0 Å². The minimum Gasteiger partial charge on any atom is -0.550 e. The van der Waals surface area contributed by atoms with E-state index in [-0.39, 0.29) is 57.6 Å². The van der Waals surface area contributed by atoms with Crippen LogP contribution in [-0.4, -0.2) is 11.9 Å². The van der Waals surface area contributed by atoms with Gasteiger partial charge in [-0.3, -0.25) is 0 Å². The molecular weight excluding hydrogens is 388 g/mol. The Labute approximate surface area is 121 Å². The Kier molecular flexibility index (Phi) is 20.0. The molecular formula is C9H14Ag2O4. The standard InChI is InChI=1S/C9H16O4.2Ag/c10-8(11)6-4-2-1-3-5-7-9(12)13;;/h1-7H2,(H,10,11)(H,12,13);;/q;2*+1/p-2.